The first kappa shape index (κ1) is 13.0. The zero-order chi connectivity index (χ0) is 12.8. The van der Waals surface area contributed by atoms with Crippen molar-refractivity contribution in [1.29, 1.82) is 0 Å². The lowest BCUT2D eigenvalue weighted by molar-refractivity contribution is 0.0398. The van der Waals surface area contributed by atoms with Gasteiger partial charge in [-0.25, -0.2) is 15.8 Å². The molecule has 0 radical (unpaired) electrons. The number of nitrogens with one attached hydrogen (secondary N) is 2. The van der Waals surface area contributed by atoms with Crippen molar-refractivity contribution in [2.75, 3.05) is 50.1 Å². The maximum Gasteiger partial charge on any atom is 0.148 e. The second-order valence-electron chi connectivity index (χ2n) is 4.22. The molecule has 18 heavy (non-hydrogen) atoms. The average Bonchev–Trinajstić information content (AvgIpc) is 2.42. The number of nitrogen functional groups attached to an aromatic ring is 1. The Morgan fingerprint density at radius 2 is 2.06 bits per heavy atom. The number of rotatable bonds is 5. The van der Waals surface area contributed by atoms with Gasteiger partial charge in [0, 0.05) is 31.7 Å². The molecule has 1 saturated heterocycles. The molecule has 7 heteroatoms. The van der Waals surface area contributed by atoms with Gasteiger partial charge in [-0.15, -0.1) is 0 Å². The van der Waals surface area contributed by atoms with Crippen molar-refractivity contribution in [1.82, 2.24) is 14.9 Å². The highest BCUT2D eigenvalue weighted by Crippen LogP contribution is 2.16. The van der Waals surface area contributed by atoms with Crippen molar-refractivity contribution in [2.45, 2.75) is 6.92 Å². The molecule has 0 aliphatic carbocycles. The fourth-order valence-electron chi connectivity index (χ4n) is 1.93. The first-order chi connectivity index (χ1) is 8.81. The molecule has 1 aromatic rings. The molecule has 7 nitrogen and oxygen atoms in total. The van der Waals surface area contributed by atoms with Gasteiger partial charge in [0.15, 0.2) is 0 Å². The number of morpholine rings is 1. The summed E-state index contributed by atoms with van der Waals surface area (Å²) in [5, 5.41) is 3.31. The van der Waals surface area contributed by atoms with E-state index in [0.717, 1.165) is 50.8 Å². The van der Waals surface area contributed by atoms with E-state index in [1.165, 1.54) is 6.33 Å². The van der Waals surface area contributed by atoms with Crippen LogP contribution in [0.1, 0.15) is 5.56 Å². The number of hydrogen-bond donors (Lipinski definition) is 3. The molecule has 1 fully saturated rings. The normalized spacial score (nSPS) is 16.6. The number of nitrogens with two attached hydrogens (primary N) is 1. The van der Waals surface area contributed by atoms with Crippen molar-refractivity contribution in [3.8, 4) is 0 Å². The lowest BCUT2D eigenvalue weighted by Gasteiger charge is -2.26. The Hall–Kier alpha value is -1.44. The van der Waals surface area contributed by atoms with E-state index in [0.29, 0.717) is 5.82 Å². The summed E-state index contributed by atoms with van der Waals surface area (Å²) in [6, 6.07) is 0. The Morgan fingerprint density at radius 1 is 1.33 bits per heavy atom. The third kappa shape index (κ3) is 3.28. The minimum Gasteiger partial charge on any atom is -0.379 e. The van der Waals surface area contributed by atoms with Gasteiger partial charge in [-0.3, -0.25) is 4.90 Å². The monoisotopic (exact) mass is 252 g/mol. The topological polar surface area (TPSA) is 88.3 Å². The Bertz CT molecular complexity index is 380. The quantitative estimate of drug-likeness (QED) is 0.494. The molecule has 100 valence electrons. The molecular formula is C11H20N6O. The maximum absolute atomic E-state index is 5.37. The Morgan fingerprint density at radius 3 is 2.78 bits per heavy atom. The molecular weight excluding hydrogens is 232 g/mol. The molecule has 0 amide bonds. The van der Waals surface area contributed by atoms with E-state index in [4.69, 9.17) is 10.6 Å². The van der Waals surface area contributed by atoms with Gasteiger partial charge in [0.2, 0.25) is 0 Å². The van der Waals surface area contributed by atoms with Crippen LogP contribution in [0.5, 0.6) is 0 Å². The highest BCUT2D eigenvalue weighted by Gasteiger charge is 2.10. The first-order valence-corrected chi connectivity index (χ1v) is 6.13. The van der Waals surface area contributed by atoms with Crippen molar-refractivity contribution >= 4 is 11.6 Å². The molecule has 0 bridgehead atoms. The second kappa shape index (κ2) is 6.48. The van der Waals surface area contributed by atoms with E-state index in [1.54, 1.807) is 0 Å². The van der Waals surface area contributed by atoms with Crippen LogP contribution in [-0.2, 0) is 4.74 Å². The van der Waals surface area contributed by atoms with Gasteiger partial charge in [-0.1, -0.05) is 0 Å². The molecule has 1 aliphatic rings. The molecule has 0 unspecified atom stereocenters. The van der Waals surface area contributed by atoms with Crippen molar-refractivity contribution in [2.24, 2.45) is 5.84 Å². The summed E-state index contributed by atoms with van der Waals surface area (Å²) in [6.45, 7) is 7.42. The van der Waals surface area contributed by atoms with Gasteiger partial charge in [0.05, 0.1) is 13.2 Å². The summed E-state index contributed by atoms with van der Waals surface area (Å²) >= 11 is 0. The van der Waals surface area contributed by atoms with Crippen LogP contribution in [0.15, 0.2) is 6.33 Å². The summed E-state index contributed by atoms with van der Waals surface area (Å²) in [5.74, 6) is 6.85. The summed E-state index contributed by atoms with van der Waals surface area (Å²) < 4.78 is 5.31. The van der Waals surface area contributed by atoms with E-state index in [-0.39, 0.29) is 0 Å². The molecule has 0 saturated carbocycles. The van der Waals surface area contributed by atoms with Crippen LogP contribution in [-0.4, -0.2) is 54.3 Å². The SMILES string of the molecule is Cc1c(NN)ncnc1NCCN1CCOCC1. The predicted molar refractivity (Wildman–Crippen MR) is 70.3 cm³/mol. The average molecular weight is 252 g/mol. The number of hydrazine groups is 1. The molecule has 4 N–H and O–H groups in total. The van der Waals surface area contributed by atoms with Crippen LogP contribution < -0.4 is 16.6 Å². The van der Waals surface area contributed by atoms with Gasteiger partial charge >= 0.3 is 0 Å². The van der Waals surface area contributed by atoms with Gasteiger partial charge < -0.3 is 15.5 Å². The summed E-state index contributed by atoms with van der Waals surface area (Å²) in [5.41, 5.74) is 3.49. The van der Waals surface area contributed by atoms with E-state index >= 15 is 0 Å². The van der Waals surface area contributed by atoms with Crippen molar-refractivity contribution in [3.63, 3.8) is 0 Å². The van der Waals surface area contributed by atoms with Crippen LogP contribution in [0.2, 0.25) is 0 Å². The Balaban J connectivity index is 1.82. The molecule has 1 aliphatic heterocycles. The third-order valence-corrected chi connectivity index (χ3v) is 3.04. The highest BCUT2D eigenvalue weighted by molar-refractivity contribution is 5.55. The fourth-order valence-corrected chi connectivity index (χ4v) is 1.93. The Labute approximate surface area is 107 Å². The van der Waals surface area contributed by atoms with E-state index in [2.05, 4.69) is 25.6 Å². The number of anilines is 2. The third-order valence-electron chi connectivity index (χ3n) is 3.04. The fraction of sp³-hybridized carbons (Fsp3) is 0.636. The lowest BCUT2D eigenvalue weighted by atomic mass is 10.3. The smallest absolute Gasteiger partial charge is 0.148 e. The zero-order valence-electron chi connectivity index (χ0n) is 10.6. The predicted octanol–water partition coefficient (Wildman–Crippen LogP) is -0.185. The largest absolute Gasteiger partial charge is 0.379 e. The minimum atomic E-state index is 0.652. The number of ether oxygens (including phenoxy) is 1. The second-order valence-corrected chi connectivity index (χ2v) is 4.22. The zero-order valence-corrected chi connectivity index (χ0v) is 10.6. The Kier molecular flexibility index (Phi) is 4.68. The van der Waals surface area contributed by atoms with Crippen LogP contribution >= 0.6 is 0 Å². The number of aromatic nitrogens is 2. The van der Waals surface area contributed by atoms with E-state index < -0.39 is 0 Å². The van der Waals surface area contributed by atoms with Crippen molar-refractivity contribution in [3.05, 3.63) is 11.9 Å². The summed E-state index contributed by atoms with van der Waals surface area (Å²) in [7, 11) is 0. The lowest BCUT2D eigenvalue weighted by Crippen LogP contribution is -2.39. The minimum absolute atomic E-state index is 0.652. The molecule has 2 heterocycles. The van der Waals surface area contributed by atoms with Gasteiger partial charge in [0.1, 0.15) is 18.0 Å². The molecule has 0 atom stereocenters. The first-order valence-electron chi connectivity index (χ1n) is 6.13. The van der Waals surface area contributed by atoms with Gasteiger partial charge in [0.25, 0.3) is 0 Å². The number of nitrogens with zero attached hydrogens (tertiary/aromatic N) is 3. The van der Waals surface area contributed by atoms with E-state index in [9.17, 15) is 0 Å². The van der Waals surface area contributed by atoms with Gasteiger partial charge in [-0.2, -0.15) is 0 Å². The standard InChI is InChI=1S/C11H20N6O/c1-9-10(14-8-15-11(9)16-12)13-2-3-17-4-6-18-7-5-17/h8H,2-7,12H2,1H3,(H2,13,14,15,16). The summed E-state index contributed by atoms with van der Waals surface area (Å²) in [6.07, 6.45) is 1.50. The van der Waals surface area contributed by atoms with Crippen LogP contribution in [0.4, 0.5) is 11.6 Å². The van der Waals surface area contributed by atoms with Gasteiger partial charge in [-0.05, 0) is 6.92 Å². The van der Waals surface area contributed by atoms with Crippen LogP contribution in [0, 0.1) is 6.92 Å². The maximum atomic E-state index is 5.37. The number of hydrogen-bond acceptors (Lipinski definition) is 7. The summed E-state index contributed by atoms with van der Waals surface area (Å²) in [4.78, 5) is 10.6. The molecule has 2 rings (SSSR count). The van der Waals surface area contributed by atoms with Crippen LogP contribution in [0.3, 0.4) is 0 Å². The molecule has 0 aromatic carbocycles. The molecule has 0 spiro atoms. The molecule has 1 aromatic heterocycles. The van der Waals surface area contributed by atoms with Crippen LogP contribution in [0.25, 0.3) is 0 Å². The van der Waals surface area contributed by atoms with E-state index in [1.807, 2.05) is 6.92 Å². The van der Waals surface area contributed by atoms with Crippen molar-refractivity contribution < 1.29 is 4.74 Å². The highest BCUT2D eigenvalue weighted by atomic mass is 16.5.